The molecular formula is C51H31N3S. The van der Waals surface area contributed by atoms with Gasteiger partial charge in [-0.3, -0.25) is 0 Å². The molecule has 3 nitrogen and oxygen atoms in total. The van der Waals surface area contributed by atoms with Crippen LogP contribution in [-0.2, 0) is 0 Å². The number of hydrogen-bond acceptors (Lipinski definition) is 4. The number of nitrogens with zero attached hydrogens (tertiary/aromatic N) is 3. The molecule has 2 aromatic heterocycles. The maximum atomic E-state index is 5.12. The molecule has 0 aliphatic heterocycles. The Morgan fingerprint density at radius 1 is 0.273 bits per heavy atom. The topological polar surface area (TPSA) is 38.7 Å². The molecular weight excluding hydrogens is 687 g/mol. The van der Waals surface area contributed by atoms with Crippen LogP contribution in [0.1, 0.15) is 0 Å². The van der Waals surface area contributed by atoms with Gasteiger partial charge in [0.15, 0.2) is 17.5 Å². The van der Waals surface area contributed by atoms with E-state index in [1.54, 1.807) is 0 Å². The fourth-order valence-corrected chi connectivity index (χ4v) is 9.32. The fraction of sp³-hybridized carbons (Fsp3) is 0. The summed E-state index contributed by atoms with van der Waals surface area (Å²) in [5.41, 5.74) is 7.36. The van der Waals surface area contributed by atoms with Crippen LogP contribution in [0.2, 0.25) is 0 Å². The first-order chi connectivity index (χ1) is 27.2. The van der Waals surface area contributed by atoms with Crippen molar-refractivity contribution in [2.45, 2.75) is 0 Å². The molecule has 0 aliphatic carbocycles. The maximum absolute atomic E-state index is 5.12. The normalized spacial score (nSPS) is 11.6. The summed E-state index contributed by atoms with van der Waals surface area (Å²) in [7, 11) is 0. The molecule has 0 saturated heterocycles. The predicted octanol–water partition coefficient (Wildman–Crippen LogP) is 14.0. The Kier molecular flexibility index (Phi) is 7.35. The standard InChI is InChI=1S/C51H31N3S/c1-3-13-32(14-4-1)34-17-11-19-37(29-34)50-52-49(33-15-5-2-6-16-33)53-51(54-50)38-20-12-18-35(30-38)36-25-26-43-45(31-36)40-22-8-7-21-39(40)42-27-28-44-41-23-9-10-24-46(41)55-48(44)47(42)43/h1-31H. The zero-order chi connectivity index (χ0) is 36.3. The van der Waals surface area contributed by atoms with E-state index in [2.05, 4.69) is 164 Å². The van der Waals surface area contributed by atoms with Gasteiger partial charge in [-0.05, 0) is 73.5 Å². The molecule has 0 saturated carbocycles. The minimum atomic E-state index is 0.639. The first-order valence-corrected chi connectivity index (χ1v) is 19.3. The molecule has 0 aliphatic rings. The molecule has 9 aromatic carbocycles. The van der Waals surface area contributed by atoms with Crippen LogP contribution in [-0.4, -0.2) is 15.0 Å². The first kappa shape index (κ1) is 31.5. The summed E-state index contributed by atoms with van der Waals surface area (Å²) in [4.78, 5) is 15.2. The lowest BCUT2D eigenvalue weighted by Gasteiger charge is -2.13. The monoisotopic (exact) mass is 717 g/mol. The van der Waals surface area contributed by atoms with Crippen molar-refractivity contribution in [2.75, 3.05) is 0 Å². The third kappa shape index (κ3) is 5.38. The zero-order valence-electron chi connectivity index (χ0n) is 29.6. The van der Waals surface area contributed by atoms with E-state index in [1.165, 1.54) is 52.5 Å². The van der Waals surface area contributed by atoms with Gasteiger partial charge in [0, 0.05) is 42.2 Å². The zero-order valence-corrected chi connectivity index (χ0v) is 30.5. The van der Waals surface area contributed by atoms with E-state index < -0.39 is 0 Å². The summed E-state index contributed by atoms with van der Waals surface area (Å²) >= 11 is 1.89. The highest BCUT2D eigenvalue weighted by atomic mass is 32.1. The van der Waals surface area contributed by atoms with E-state index in [-0.39, 0.29) is 0 Å². The quantitative estimate of drug-likeness (QED) is 0.166. The Morgan fingerprint density at radius 2 is 0.727 bits per heavy atom. The van der Waals surface area contributed by atoms with Gasteiger partial charge in [0.25, 0.3) is 0 Å². The third-order valence-electron chi connectivity index (χ3n) is 10.7. The summed E-state index contributed by atoms with van der Waals surface area (Å²) in [6, 6.07) is 66.8. The highest BCUT2D eigenvalue weighted by Gasteiger charge is 2.17. The summed E-state index contributed by atoms with van der Waals surface area (Å²) in [6.45, 7) is 0. The maximum Gasteiger partial charge on any atom is 0.164 e. The molecule has 0 N–H and O–H groups in total. The average Bonchev–Trinajstić information content (AvgIpc) is 3.66. The summed E-state index contributed by atoms with van der Waals surface area (Å²) in [5.74, 6) is 1.93. The van der Waals surface area contributed by atoms with Crippen LogP contribution in [0.4, 0.5) is 0 Å². The molecule has 0 bridgehead atoms. The van der Waals surface area contributed by atoms with Crippen molar-refractivity contribution in [3.8, 4) is 56.4 Å². The number of hydrogen-bond donors (Lipinski definition) is 0. The Labute approximate surface area is 321 Å². The van der Waals surface area contributed by atoms with Gasteiger partial charge in [-0.15, -0.1) is 11.3 Å². The lowest BCUT2D eigenvalue weighted by Crippen LogP contribution is -2.00. The molecule has 11 aromatic rings. The number of fused-ring (bicyclic) bond motifs is 10. The summed E-state index contributed by atoms with van der Waals surface area (Å²) < 4.78 is 2.67. The second-order valence-electron chi connectivity index (χ2n) is 14.0. The first-order valence-electron chi connectivity index (χ1n) is 18.5. The van der Waals surface area contributed by atoms with Crippen molar-refractivity contribution in [2.24, 2.45) is 0 Å². The van der Waals surface area contributed by atoms with Crippen molar-refractivity contribution in [1.29, 1.82) is 0 Å². The van der Waals surface area contributed by atoms with Gasteiger partial charge < -0.3 is 0 Å². The van der Waals surface area contributed by atoms with Gasteiger partial charge in [-0.1, -0.05) is 164 Å². The van der Waals surface area contributed by atoms with Crippen molar-refractivity contribution in [1.82, 2.24) is 15.0 Å². The van der Waals surface area contributed by atoms with Gasteiger partial charge in [-0.2, -0.15) is 0 Å². The molecule has 11 rings (SSSR count). The minimum absolute atomic E-state index is 0.639. The van der Waals surface area contributed by atoms with Gasteiger partial charge in [0.2, 0.25) is 0 Å². The van der Waals surface area contributed by atoms with Gasteiger partial charge >= 0.3 is 0 Å². The SMILES string of the molecule is c1ccc(-c2cccc(-c3nc(-c4ccccc4)nc(-c4cccc(-c5ccc6c(c5)c5ccccc5c5ccc7c8ccccc8sc7c56)c4)n3)c2)cc1. The summed E-state index contributed by atoms with van der Waals surface area (Å²) in [5, 5.41) is 10.3. The highest BCUT2D eigenvalue weighted by Crippen LogP contribution is 2.45. The lowest BCUT2D eigenvalue weighted by molar-refractivity contribution is 1.07. The predicted molar refractivity (Wildman–Crippen MR) is 232 cm³/mol. The van der Waals surface area contributed by atoms with E-state index in [0.717, 1.165) is 38.9 Å². The largest absolute Gasteiger partial charge is 0.208 e. The van der Waals surface area contributed by atoms with E-state index >= 15 is 0 Å². The van der Waals surface area contributed by atoms with Crippen LogP contribution in [0.25, 0.3) is 109 Å². The molecule has 55 heavy (non-hydrogen) atoms. The molecule has 0 amide bonds. The van der Waals surface area contributed by atoms with Crippen LogP contribution in [0.5, 0.6) is 0 Å². The van der Waals surface area contributed by atoms with Crippen LogP contribution in [0.3, 0.4) is 0 Å². The van der Waals surface area contributed by atoms with Crippen LogP contribution >= 0.6 is 11.3 Å². The molecule has 0 radical (unpaired) electrons. The van der Waals surface area contributed by atoms with E-state index in [9.17, 15) is 0 Å². The second kappa shape index (κ2) is 12.8. The molecule has 0 fully saturated rings. The van der Waals surface area contributed by atoms with Crippen molar-refractivity contribution in [3.05, 3.63) is 188 Å². The summed E-state index contributed by atoms with van der Waals surface area (Å²) in [6.07, 6.45) is 0. The van der Waals surface area contributed by atoms with Gasteiger partial charge in [-0.25, -0.2) is 15.0 Å². The molecule has 2 heterocycles. The molecule has 4 heteroatoms. The number of benzene rings is 9. The Bertz CT molecular complexity index is 3260. The fourth-order valence-electron chi connectivity index (χ4n) is 8.05. The Morgan fingerprint density at radius 3 is 1.42 bits per heavy atom. The van der Waals surface area contributed by atoms with Crippen LogP contribution in [0.15, 0.2) is 188 Å². The average molecular weight is 718 g/mol. The van der Waals surface area contributed by atoms with Crippen molar-refractivity contribution >= 4 is 63.8 Å². The third-order valence-corrected chi connectivity index (χ3v) is 11.9. The smallest absolute Gasteiger partial charge is 0.164 e. The number of thiophene rings is 1. The molecule has 0 atom stereocenters. The van der Waals surface area contributed by atoms with Crippen LogP contribution in [0, 0.1) is 0 Å². The molecule has 0 spiro atoms. The van der Waals surface area contributed by atoms with Crippen molar-refractivity contribution < 1.29 is 0 Å². The Hall–Kier alpha value is -7.01. The molecule has 0 unspecified atom stereocenters. The number of rotatable bonds is 5. The molecule has 256 valence electrons. The van der Waals surface area contributed by atoms with Gasteiger partial charge in [0.1, 0.15) is 0 Å². The Balaban J connectivity index is 1.08. The van der Waals surface area contributed by atoms with E-state index in [4.69, 9.17) is 15.0 Å². The second-order valence-corrected chi connectivity index (χ2v) is 15.0. The van der Waals surface area contributed by atoms with Crippen molar-refractivity contribution in [3.63, 3.8) is 0 Å². The number of aromatic nitrogens is 3. The highest BCUT2D eigenvalue weighted by molar-refractivity contribution is 7.26. The van der Waals surface area contributed by atoms with Crippen LogP contribution < -0.4 is 0 Å². The van der Waals surface area contributed by atoms with E-state index in [1.807, 2.05) is 35.6 Å². The van der Waals surface area contributed by atoms with E-state index in [0.29, 0.717) is 17.5 Å². The lowest BCUT2D eigenvalue weighted by atomic mass is 9.91. The minimum Gasteiger partial charge on any atom is -0.208 e. The van der Waals surface area contributed by atoms with Gasteiger partial charge in [0.05, 0.1) is 0 Å².